The average Bonchev–Trinajstić information content (AvgIpc) is 2.69. The van der Waals surface area contributed by atoms with E-state index in [1.807, 2.05) is 0 Å². The maximum atomic E-state index is 12.6. The second-order valence-electron chi connectivity index (χ2n) is 6.11. The molecule has 6 nitrogen and oxygen atoms in total. The number of benzene rings is 2. The van der Waals surface area contributed by atoms with Crippen LogP contribution in [0.4, 0.5) is 55.0 Å². The highest BCUT2D eigenvalue weighted by atomic mass is 19.4. The van der Waals surface area contributed by atoms with Crippen LogP contribution in [0.5, 0.6) is 0 Å². The minimum Gasteiger partial charge on any atom is -0.339 e. The molecule has 0 aliphatic rings. The van der Waals surface area contributed by atoms with Gasteiger partial charge in [0.05, 0.1) is 29.3 Å². The molecule has 2 aromatic carbocycles. The Hall–Kier alpha value is -3.83. The SMILES string of the molecule is O=C(Nc1ccccc1Nc1cncc(Nc2ccc(C(F)(F)F)cc2)n1)C(F)(F)F. The van der Waals surface area contributed by atoms with Gasteiger partial charge in [-0.2, -0.15) is 26.3 Å². The molecule has 1 aromatic heterocycles. The largest absolute Gasteiger partial charge is 0.471 e. The lowest BCUT2D eigenvalue weighted by atomic mass is 10.2. The Morgan fingerprint density at radius 3 is 1.94 bits per heavy atom. The molecule has 0 fully saturated rings. The summed E-state index contributed by atoms with van der Waals surface area (Å²) in [4.78, 5) is 19.3. The number of rotatable bonds is 5. The number of amides is 1. The lowest BCUT2D eigenvalue weighted by molar-refractivity contribution is -0.167. The molecule has 12 heteroatoms. The van der Waals surface area contributed by atoms with Gasteiger partial charge >= 0.3 is 18.3 Å². The molecule has 0 saturated heterocycles. The summed E-state index contributed by atoms with van der Waals surface area (Å²) >= 11 is 0. The van der Waals surface area contributed by atoms with E-state index in [4.69, 9.17) is 0 Å². The van der Waals surface area contributed by atoms with Gasteiger partial charge < -0.3 is 16.0 Å². The van der Waals surface area contributed by atoms with E-state index in [1.54, 1.807) is 5.32 Å². The van der Waals surface area contributed by atoms with Crippen LogP contribution in [0.3, 0.4) is 0 Å². The van der Waals surface area contributed by atoms with Gasteiger partial charge in [-0.25, -0.2) is 4.98 Å². The molecule has 0 atom stereocenters. The molecular formula is C19H13F6N5O. The first kappa shape index (κ1) is 21.9. The fourth-order valence-electron chi connectivity index (χ4n) is 2.41. The maximum Gasteiger partial charge on any atom is 0.471 e. The van der Waals surface area contributed by atoms with E-state index < -0.39 is 23.8 Å². The molecular weight excluding hydrogens is 428 g/mol. The fraction of sp³-hybridized carbons (Fsp3) is 0.105. The molecule has 31 heavy (non-hydrogen) atoms. The van der Waals surface area contributed by atoms with Gasteiger partial charge in [0.25, 0.3) is 0 Å². The number of anilines is 5. The molecule has 1 heterocycles. The number of nitrogens with zero attached hydrogens (tertiary/aromatic N) is 2. The topological polar surface area (TPSA) is 78.9 Å². The minimum absolute atomic E-state index is 0.116. The van der Waals surface area contributed by atoms with Crippen molar-refractivity contribution < 1.29 is 31.1 Å². The first-order valence-corrected chi connectivity index (χ1v) is 8.53. The van der Waals surface area contributed by atoms with E-state index in [-0.39, 0.29) is 23.0 Å². The number of hydrogen-bond acceptors (Lipinski definition) is 5. The Balaban J connectivity index is 1.75. The van der Waals surface area contributed by atoms with E-state index in [1.165, 1.54) is 48.8 Å². The van der Waals surface area contributed by atoms with E-state index in [9.17, 15) is 31.1 Å². The van der Waals surface area contributed by atoms with Crippen molar-refractivity contribution in [1.82, 2.24) is 9.97 Å². The van der Waals surface area contributed by atoms with Gasteiger partial charge in [0.15, 0.2) is 11.6 Å². The Kier molecular flexibility index (Phi) is 5.99. The Bertz CT molecular complexity index is 1070. The zero-order valence-corrected chi connectivity index (χ0v) is 15.3. The van der Waals surface area contributed by atoms with Crippen molar-refractivity contribution in [2.24, 2.45) is 0 Å². The minimum atomic E-state index is -5.06. The van der Waals surface area contributed by atoms with Crippen LogP contribution in [0.1, 0.15) is 5.56 Å². The van der Waals surface area contributed by atoms with Gasteiger partial charge in [-0.1, -0.05) is 12.1 Å². The van der Waals surface area contributed by atoms with Crippen LogP contribution in [-0.2, 0) is 11.0 Å². The van der Waals surface area contributed by atoms with Gasteiger partial charge in [-0.05, 0) is 36.4 Å². The number of carbonyl (C=O) groups is 1. The highest BCUT2D eigenvalue weighted by molar-refractivity contribution is 5.98. The summed E-state index contributed by atoms with van der Waals surface area (Å²) < 4.78 is 75.5. The standard InChI is InChI=1S/C19H13F6N5O/c20-18(21,22)11-5-7-12(8-6-11)27-15-9-26-10-16(30-15)28-13-3-1-2-4-14(13)29-17(31)19(23,24)25/h1-10H,(H,29,31)(H2,27,28,30). The fourth-order valence-corrected chi connectivity index (χ4v) is 2.41. The maximum absolute atomic E-state index is 12.6. The number of para-hydroxylation sites is 2. The van der Waals surface area contributed by atoms with Crippen molar-refractivity contribution in [3.63, 3.8) is 0 Å². The molecule has 3 rings (SSSR count). The van der Waals surface area contributed by atoms with Crippen LogP contribution in [0.2, 0.25) is 0 Å². The summed E-state index contributed by atoms with van der Waals surface area (Å²) in [7, 11) is 0. The van der Waals surface area contributed by atoms with Gasteiger partial charge in [0.1, 0.15) is 0 Å². The second-order valence-corrected chi connectivity index (χ2v) is 6.11. The van der Waals surface area contributed by atoms with Crippen molar-refractivity contribution in [2.45, 2.75) is 12.4 Å². The summed E-state index contributed by atoms with van der Waals surface area (Å²) in [5.74, 6) is -1.85. The van der Waals surface area contributed by atoms with Gasteiger partial charge in [0.2, 0.25) is 0 Å². The quantitative estimate of drug-likeness (QED) is 0.457. The van der Waals surface area contributed by atoms with Gasteiger partial charge in [-0.3, -0.25) is 9.78 Å². The van der Waals surface area contributed by atoms with Gasteiger partial charge in [-0.15, -0.1) is 0 Å². The van der Waals surface area contributed by atoms with E-state index in [0.717, 1.165) is 12.1 Å². The van der Waals surface area contributed by atoms with Gasteiger partial charge in [0, 0.05) is 5.69 Å². The molecule has 0 saturated carbocycles. The molecule has 0 unspecified atom stereocenters. The monoisotopic (exact) mass is 441 g/mol. The normalized spacial score (nSPS) is 11.7. The van der Waals surface area contributed by atoms with Crippen molar-refractivity contribution in [3.05, 3.63) is 66.5 Å². The average molecular weight is 441 g/mol. The molecule has 0 aliphatic carbocycles. The number of carbonyl (C=O) groups excluding carboxylic acids is 1. The number of aromatic nitrogens is 2. The number of alkyl halides is 6. The lowest BCUT2D eigenvalue weighted by Crippen LogP contribution is -2.30. The van der Waals surface area contributed by atoms with Crippen molar-refractivity contribution >= 4 is 34.6 Å². The predicted octanol–water partition coefficient (Wildman–Crippen LogP) is 5.48. The molecule has 3 aromatic rings. The van der Waals surface area contributed by atoms with Crippen LogP contribution in [0, 0.1) is 0 Å². The second kappa shape index (κ2) is 8.50. The van der Waals surface area contributed by atoms with Crippen LogP contribution in [-0.4, -0.2) is 22.1 Å². The van der Waals surface area contributed by atoms with E-state index in [0.29, 0.717) is 5.69 Å². The van der Waals surface area contributed by atoms with Crippen LogP contribution in [0.15, 0.2) is 60.9 Å². The molecule has 1 amide bonds. The van der Waals surface area contributed by atoms with Crippen LogP contribution in [0.25, 0.3) is 0 Å². The summed E-state index contributed by atoms with van der Waals surface area (Å²) in [6.07, 6.45) is -6.93. The van der Waals surface area contributed by atoms with E-state index in [2.05, 4.69) is 20.6 Å². The number of hydrogen-bond donors (Lipinski definition) is 3. The Labute approximate surface area is 171 Å². The van der Waals surface area contributed by atoms with Crippen molar-refractivity contribution in [1.29, 1.82) is 0 Å². The Morgan fingerprint density at radius 2 is 1.35 bits per heavy atom. The zero-order valence-electron chi connectivity index (χ0n) is 15.3. The molecule has 3 N–H and O–H groups in total. The summed E-state index contributed by atoms with van der Waals surface area (Å²) in [6.45, 7) is 0. The predicted molar refractivity (Wildman–Crippen MR) is 101 cm³/mol. The van der Waals surface area contributed by atoms with E-state index >= 15 is 0 Å². The molecule has 0 radical (unpaired) electrons. The summed E-state index contributed by atoms with van der Waals surface area (Å²) in [6, 6.07) is 9.89. The molecule has 0 bridgehead atoms. The molecule has 0 aliphatic heterocycles. The van der Waals surface area contributed by atoms with Crippen LogP contribution >= 0.6 is 0 Å². The highest BCUT2D eigenvalue weighted by Crippen LogP contribution is 2.31. The number of halogens is 6. The highest BCUT2D eigenvalue weighted by Gasteiger charge is 2.39. The first-order chi connectivity index (χ1) is 14.5. The molecule has 162 valence electrons. The third-order valence-corrected chi connectivity index (χ3v) is 3.81. The zero-order chi connectivity index (χ0) is 22.6. The Morgan fingerprint density at radius 1 is 0.774 bits per heavy atom. The third kappa shape index (κ3) is 5.84. The van der Waals surface area contributed by atoms with Crippen molar-refractivity contribution in [2.75, 3.05) is 16.0 Å². The van der Waals surface area contributed by atoms with Crippen LogP contribution < -0.4 is 16.0 Å². The lowest BCUT2D eigenvalue weighted by Gasteiger charge is -2.14. The first-order valence-electron chi connectivity index (χ1n) is 8.53. The summed E-state index contributed by atoms with van der Waals surface area (Å²) in [5, 5.41) is 7.28. The smallest absolute Gasteiger partial charge is 0.339 e. The molecule has 0 spiro atoms. The summed E-state index contributed by atoms with van der Waals surface area (Å²) in [5.41, 5.74) is -0.497. The van der Waals surface area contributed by atoms with Crippen molar-refractivity contribution in [3.8, 4) is 0 Å². The third-order valence-electron chi connectivity index (χ3n) is 3.81. The number of nitrogens with one attached hydrogen (secondary N) is 3.